The predicted octanol–water partition coefficient (Wildman–Crippen LogP) is 7.08. The molecule has 0 unspecified atom stereocenters. The van der Waals surface area contributed by atoms with Crippen molar-refractivity contribution in [2.75, 3.05) is 0 Å². The number of pyridine rings is 2. The maximum absolute atomic E-state index is 5.83. The zero-order valence-electron chi connectivity index (χ0n) is 27.1. The average Bonchev–Trinajstić information content (AvgIpc) is 3.54. The van der Waals surface area contributed by atoms with Gasteiger partial charge < -0.3 is 0 Å². The highest BCUT2D eigenvalue weighted by atomic mass is 28.3. The molecule has 0 radical (unpaired) electrons. The summed E-state index contributed by atoms with van der Waals surface area (Å²) in [6.07, 6.45) is 5.55. The van der Waals surface area contributed by atoms with Crippen molar-refractivity contribution in [1.82, 2.24) is 24.5 Å². The Hall–Kier alpha value is -6.50. The first-order valence-corrected chi connectivity index (χ1v) is 18.7. The number of rotatable bonds is 7. The maximum atomic E-state index is 5.83. The summed E-state index contributed by atoms with van der Waals surface area (Å²) in [5, 5.41) is 6.94. The van der Waals surface area contributed by atoms with Crippen molar-refractivity contribution in [3.63, 3.8) is 0 Å². The van der Waals surface area contributed by atoms with Crippen molar-refractivity contribution < 1.29 is 0 Å². The largest absolute Gasteiger partial charge is 0.278 e. The van der Waals surface area contributed by atoms with Crippen LogP contribution in [0, 0.1) is 0 Å². The minimum absolute atomic E-state index is 0.607. The van der Waals surface area contributed by atoms with E-state index < -0.39 is 8.07 Å². The van der Waals surface area contributed by atoms with Gasteiger partial charge in [-0.05, 0) is 52.0 Å². The topological polar surface area (TPSA) is 56.5 Å². The maximum Gasteiger partial charge on any atom is 0.235 e. The van der Waals surface area contributed by atoms with Crippen LogP contribution in [0.5, 0.6) is 0 Å². The molecular weight excluding hydrogens is 627 g/mol. The first-order valence-electron chi connectivity index (χ1n) is 16.7. The standard InChI is InChI=1S/C44H31N5Si/c1-4-18-33(19-5-1)50(34-20-6-2-7-21-34,35-22-8-3-9-23-35)43-41(38-26-14-15-30-46-38)42(32-17-16-29-45-31-32)47-44(48-43)49-39-27-12-10-24-36(39)37-25-11-13-28-40(37)49/h1-31H. The summed E-state index contributed by atoms with van der Waals surface area (Å²) in [5.74, 6) is 0.607. The van der Waals surface area contributed by atoms with E-state index in [-0.39, 0.29) is 0 Å². The van der Waals surface area contributed by atoms with Crippen molar-refractivity contribution in [3.8, 4) is 28.5 Å². The molecule has 4 aromatic heterocycles. The summed E-state index contributed by atoms with van der Waals surface area (Å²) in [6, 6.07) is 59.8. The van der Waals surface area contributed by atoms with Crippen LogP contribution in [0.4, 0.5) is 0 Å². The molecule has 0 N–H and O–H groups in total. The fourth-order valence-electron chi connectivity index (χ4n) is 7.40. The zero-order valence-corrected chi connectivity index (χ0v) is 28.1. The molecule has 9 rings (SSSR count). The molecule has 0 spiro atoms. The Morgan fingerprint density at radius 2 is 1.00 bits per heavy atom. The van der Waals surface area contributed by atoms with Crippen LogP contribution in [-0.2, 0) is 0 Å². The molecule has 0 aliphatic rings. The fraction of sp³-hybridized carbons (Fsp3) is 0. The normalized spacial score (nSPS) is 11.6. The number of hydrogen-bond donors (Lipinski definition) is 0. The third kappa shape index (κ3) is 4.77. The monoisotopic (exact) mass is 657 g/mol. The van der Waals surface area contributed by atoms with E-state index in [0.717, 1.165) is 49.6 Å². The summed E-state index contributed by atoms with van der Waals surface area (Å²) in [7, 11) is -3.20. The highest BCUT2D eigenvalue weighted by molar-refractivity contribution is 7.20. The Morgan fingerprint density at radius 3 is 1.52 bits per heavy atom. The predicted molar refractivity (Wildman–Crippen MR) is 206 cm³/mol. The van der Waals surface area contributed by atoms with Crippen molar-refractivity contribution in [1.29, 1.82) is 0 Å². The van der Waals surface area contributed by atoms with E-state index in [0.29, 0.717) is 5.95 Å². The molecule has 6 heteroatoms. The average molecular weight is 658 g/mol. The van der Waals surface area contributed by atoms with E-state index in [4.69, 9.17) is 15.0 Å². The summed E-state index contributed by atoms with van der Waals surface area (Å²) in [5.41, 5.74) is 5.51. The summed E-state index contributed by atoms with van der Waals surface area (Å²) >= 11 is 0. The molecule has 0 saturated carbocycles. The van der Waals surface area contributed by atoms with Gasteiger partial charge in [0, 0.05) is 40.5 Å². The third-order valence-corrected chi connectivity index (χ3v) is 14.2. The molecular formula is C44H31N5Si. The van der Waals surface area contributed by atoms with Gasteiger partial charge in [0.2, 0.25) is 14.0 Å². The third-order valence-electron chi connectivity index (χ3n) is 9.51. The Balaban J connectivity index is 1.54. The number of benzene rings is 5. The van der Waals surface area contributed by atoms with Gasteiger partial charge in [-0.25, -0.2) is 9.97 Å². The van der Waals surface area contributed by atoms with Crippen molar-refractivity contribution in [2.45, 2.75) is 0 Å². The number of aromatic nitrogens is 5. The van der Waals surface area contributed by atoms with E-state index in [1.807, 2.05) is 30.6 Å². The van der Waals surface area contributed by atoms with E-state index in [9.17, 15) is 0 Å². The minimum atomic E-state index is -3.20. The van der Waals surface area contributed by atoms with Crippen LogP contribution in [0.3, 0.4) is 0 Å². The van der Waals surface area contributed by atoms with E-state index in [2.05, 4.69) is 161 Å². The van der Waals surface area contributed by atoms with Gasteiger partial charge in [-0.15, -0.1) is 0 Å². The first kappa shape index (κ1) is 29.6. The van der Waals surface area contributed by atoms with Crippen LogP contribution in [-0.4, -0.2) is 32.6 Å². The lowest BCUT2D eigenvalue weighted by molar-refractivity contribution is 1.00. The second-order valence-corrected chi connectivity index (χ2v) is 16.0. The summed E-state index contributed by atoms with van der Waals surface area (Å²) in [6.45, 7) is 0. The fourth-order valence-corrected chi connectivity index (χ4v) is 12.2. The molecule has 0 bridgehead atoms. The van der Waals surface area contributed by atoms with E-state index >= 15 is 0 Å². The smallest absolute Gasteiger partial charge is 0.235 e. The molecule has 0 amide bonds. The van der Waals surface area contributed by atoms with E-state index in [1.54, 1.807) is 6.20 Å². The molecule has 0 saturated heterocycles. The van der Waals surface area contributed by atoms with E-state index in [1.165, 1.54) is 15.6 Å². The quantitative estimate of drug-likeness (QED) is 0.136. The first-order chi connectivity index (χ1) is 24.8. The Bertz CT molecular complexity index is 2420. The van der Waals surface area contributed by atoms with Gasteiger partial charge >= 0.3 is 0 Å². The molecule has 9 aromatic rings. The number of nitrogens with zero attached hydrogens (tertiary/aromatic N) is 5. The van der Waals surface area contributed by atoms with Crippen LogP contribution >= 0.6 is 0 Å². The van der Waals surface area contributed by atoms with Gasteiger partial charge in [0.15, 0.2) is 0 Å². The van der Waals surface area contributed by atoms with Crippen LogP contribution in [0.2, 0.25) is 0 Å². The molecule has 0 aliphatic carbocycles. The van der Waals surface area contributed by atoms with Crippen molar-refractivity contribution in [3.05, 3.63) is 188 Å². The SMILES string of the molecule is c1ccc([Si](c2ccccc2)(c2ccccc2)c2nc(-n3c4ccccc4c4ccccc43)nc(-c3cccnc3)c2-c2ccccn2)cc1. The number of para-hydroxylation sites is 2. The lowest BCUT2D eigenvalue weighted by Crippen LogP contribution is -2.76. The van der Waals surface area contributed by atoms with Crippen LogP contribution < -0.4 is 20.9 Å². The second kappa shape index (κ2) is 12.5. The van der Waals surface area contributed by atoms with Crippen molar-refractivity contribution >= 4 is 50.8 Å². The highest BCUT2D eigenvalue weighted by Crippen LogP contribution is 2.34. The molecule has 0 atom stereocenters. The van der Waals surface area contributed by atoms with Gasteiger partial charge in [-0.1, -0.05) is 133 Å². The Kier molecular flexibility index (Phi) is 7.41. The lowest BCUT2D eigenvalue weighted by Gasteiger charge is -2.35. The van der Waals surface area contributed by atoms with Gasteiger partial charge in [0.25, 0.3) is 0 Å². The number of fused-ring (bicyclic) bond motifs is 3. The Morgan fingerprint density at radius 1 is 0.460 bits per heavy atom. The molecule has 50 heavy (non-hydrogen) atoms. The van der Waals surface area contributed by atoms with Crippen LogP contribution in [0.15, 0.2) is 188 Å². The molecule has 0 aliphatic heterocycles. The molecule has 0 fully saturated rings. The zero-order chi connectivity index (χ0) is 33.3. The van der Waals surface area contributed by atoms with Gasteiger partial charge in [0.05, 0.1) is 27.7 Å². The minimum Gasteiger partial charge on any atom is -0.278 e. The number of hydrogen-bond acceptors (Lipinski definition) is 4. The van der Waals surface area contributed by atoms with Crippen LogP contribution in [0.25, 0.3) is 50.3 Å². The lowest BCUT2D eigenvalue weighted by atomic mass is 10.1. The van der Waals surface area contributed by atoms with Gasteiger partial charge in [0.1, 0.15) is 0 Å². The van der Waals surface area contributed by atoms with Gasteiger partial charge in [-0.3, -0.25) is 14.5 Å². The molecule has 236 valence electrons. The highest BCUT2D eigenvalue weighted by Gasteiger charge is 2.46. The molecule has 4 heterocycles. The Labute approximate surface area is 291 Å². The second-order valence-electron chi connectivity index (χ2n) is 12.3. The summed E-state index contributed by atoms with van der Waals surface area (Å²) < 4.78 is 2.22. The van der Waals surface area contributed by atoms with Gasteiger partial charge in [-0.2, -0.15) is 0 Å². The van der Waals surface area contributed by atoms with Crippen molar-refractivity contribution in [2.24, 2.45) is 0 Å². The molecule has 5 nitrogen and oxygen atoms in total. The summed E-state index contributed by atoms with van der Waals surface area (Å²) in [4.78, 5) is 20.9. The van der Waals surface area contributed by atoms with Crippen LogP contribution in [0.1, 0.15) is 0 Å². The molecule has 5 aromatic carbocycles.